The lowest BCUT2D eigenvalue weighted by Crippen LogP contribution is -2.38. The fourth-order valence-corrected chi connectivity index (χ4v) is 4.90. The van der Waals surface area contributed by atoms with Gasteiger partial charge in [0.15, 0.2) is 11.6 Å². The Morgan fingerprint density at radius 1 is 1.17 bits per heavy atom. The van der Waals surface area contributed by atoms with Crippen LogP contribution in [0.15, 0.2) is 18.3 Å². The van der Waals surface area contributed by atoms with E-state index in [1.807, 2.05) is 4.68 Å². The molecular formula is C21H26F2N4O3. The molecule has 2 aromatic rings. The van der Waals surface area contributed by atoms with Crippen LogP contribution in [0.4, 0.5) is 14.6 Å². The highest BCUT2D eigenvalue weighted by Gasteiger charge is 2.58. The normalized spacial score (nSPS) is 28.1. The van der Waals surface area contributed by atoms with Gasteiger partial charge in [0.1, 0.15) is 6.10 Å². The maximum atomic E-state index is 12.6. The number of nitrogen functional groups attached to an aromatic ring is 1. The van der Waals surface area contributed by atoms with Gasteiger partial charge in [-0.25, -0.2) is 4.98 Å². The summed E-state index contributed by atoms with van der Waals surface area (Å²) in [6.07, 6.45) is 4.28. The molecule has 0 radical (unpaired) electrons. The Morgan fingerprint density at radius 3 is 2.50 bits per heavy atom. The largest absolute Gasteiger partial charge is 0.431 e. The van der Waals surface area contributed by atoms with Crippen molar-refractivity contribution in [1.29, 1.82) is 0 Å². The highest BCUT2D eigenvalue weighted by molar-refractivity contribution is 5.64. The molecule has 2 N–H and O–H groups in total. The van der Waals surface area contributed by atoms with E-state index in [-0.39, 0.29) is 23.7 Å². The van der Waals surface area contributed by atoms with Crippen molar-refractivity contribution in [2.45, 2.75) is 57.5 Å². The van der Waals surface area contributed by atoms with Crippen molar-refractivity contribution in [3.63, 3.8) is 0 Å². The summed E-state index contributed by atoms with van der Waals surface area (Å²) in [6.45, 7) is 2.65. The van der Waals surface area contributed by atoms with Crippen LogP contribution in [-0.2, 0) is 9.47 Å². The van der Waals surface area contributed by atoms with E-state index < -0.39 is 6.61 Å². The van der Waals surface area contributed by atoms with Gasteiger partial charge in [-0.1, -0.05) is 0 Å². The first-order valence-corrected chi connectivity index (χ1v) is 10.4. The second-order valence-corrected chi connectivity index (χ2v) is 8.72. The Kier molecular flexibility index (Phi) is 4.89. The highest BCUT2D eigenvalue weighted by atomic mass is 19.3. The minimum atomic E-state index is -2.96. The van der Waals surface area contributed by atoms with E-state index in [0.717, 1.165) is 12.8 Å². The number of nitrogens with zero attached hydrogens (tertiary/aromatic N) is 3. The summed E-state index contributed by atoms with van der Waals surface area (Å²) in [7, 11) is 0. The summed E-state index contributed by atoms with van der Waals surface area (Å²) in [5, 5.41) is 4.75. The molecule has 30 heavy (non-hydrogen) atoms. The van der Waals surface area contributed by atoms with Crippen molar-refractivity contribution in [2.75, 3.05) is 18.9 Å². The van der Waals surface area contributed by atoms with Crippen LogP contribution < -0.4 is 10.5 Å². The van der Waals surface area contributed by atoms with Gasteiger partial charge in [-0.2, -0.15) is 13.9 Å². The molecule has 3 fully saturated rings. The summed E-state index contributed by atoms with van der Waals surface area (Å²) in [5.74, 6) is 1.49. The molecule has 4 atom stereocenters. The fraction of sp³-hybridized carbons (Fsp3) is 0.619. The second-order valence-electron chi connectivity index (χ2n) is 8.72. The van der Waals surface area contributed by atoms with Crippen molar-refractivity contribution in [3.8, 4) is 17.0 Å². The first-order valence-electron chi connectivity index (χ1n) is 10.4. The van der Waals surface area contributed by atoms with Crippen LogP contribution in [-0.4, -0.2) is 46.8 Å². The maximum Gasteiger partial charge on any atom is 0.387 e. The Morgan fingerprint density at radius 2 is 1.90 bits per heavy atom. The fourth-order valence-electron chi connectivity index (χ4n) is 4.90. The number of rotatable bonds is 7. The number of fused-ring (bicyclic) bond motifs is 1. The number of halogens is 2. The minimum Gasteiger partial charge on any atom is -0.431 e. The molecule has 5 rings (SSSR count). The predicted molar refractivity (Wildman–Crippen MR) is 105 cm³/mol. The van der Waals surface area contributed by atoms with E-state index in [1.165, 1.54) is 11.8 Å². The van der Waals surface area contributed by atoms with Crippen LogP contribution in [0.5, 0.6) is 5.75 Å². The van der Waals surface area contributed by atoms with Gasteiger partial charge in [-0.05, 0) is 50.7 Å². The Bertz CT molecular complexity index is 919. The molecule has 0 bridgehead atoms. The lowest BCUT2D eigenvalue weighted by Gasteiger charge is -2.30. The monoisotopic (exact) mass is 420 g/mol. The topological polar surface area (TPSA) is 84.4 Å². The summed E-state index contributed by atoms with van der Waals surface area (Å²) in [5.41, 5.74) is 8.15. The quantitative estimate of drug-likeness (QED) is 0.737. The van der Waals surface area contributed by atoms with Crippen LogP contribution in [0.1, 0.15) is 44.3 Å². The van der Waals surface area contributed by atoms with Crippen molar-refractivity contribution in [3.05, 3.63) is 24.0 Å². The SMILES string of the molecule is CC(C)n1nc(-c2cnc(N)c(OC(F)F)c2)cc1[C@H]1[C@@H]2C[C@@H](OC3COC3)C[C@@H]21. The van der Waals surface area contributed by atoms with E-state index in [2.05, 4.69) is 29.6 Å². The van der Waals surface area contributed by atoms with Gasteiger partial charge in [0.05, 0.1) is 25.0 Å². The zero-order valence-corrected chi connectivity index (χ0v) is 17.0. The third kappa shape index (κ3) is 3.54. The molecule has 2 aromatic heterocycles. The van der Waals surface area contributed by atoms with Crippen molar-refractivity contribution in [1.82, 2.24) is 14.8 Å². The first kappa shape index (κ1) is 19.7. The zero-order chi connectivity index (χ0) is 21.0. The van der Waals surface area contributed by atoms with Crippen LogP contribution in [0, 0.1) is 11.8 Å². The summed E-state index contributed by atoms with van der Waals surface area (Å²) < 4.78 is 43.1. The Hall–Kier alpha value is -2.26. The second kappa shape index (κ2) is 7.46. The van der Waals surface area contributed by atoms with Crippen LogP contribution in [0.2, 0.25) is 0 Å². The van der Waals surface area contributed by atoms with Crippen LogP contribution >= 0.6 is 0 Å². The molecule has 0 spiro atoms. The van der Waals surface area contributed by atoms with Gasteiger partial charge in [0.2, 0.25) is 0 Å². The lowest BCUT2D eigenvalue weighted by molar-refractivity contribution is -0.154. The third-order valence-corrected chi connectivity index (χ3v) is 6.38. The number of hydrogen-bond donors (Lipinski definition) is 1. The van der Waals surface area contributed by atoms with Gasteiger partial charge in [0.25, 0.3) is 0 Å². The smallest absolute Gasteiger partial charge is 0.387 e. The molecule has 7 nitrogen and oxygen atoms in total. The molecule has 0 amide bonds. The van der Waals surface area contributed by atoms with E-state index in [4.69, 9.17) is 20.3 Å². The van der Waals surface area contributed by atoms with Gasteiger partial charge < -0.3 is 19.9 Å². The summed E-state index contributed by atoms with van der Waals surface area (Å²) in [4.78, 5) is 4.00. The number of alkyl halides is 2. The Labute approximate surface area is 173 Å². The van der Waals surface area contributed by atoms with Crippen molar-refractivity contribution < 1.29 is 23.0 Å². The molecule has 9 heteroatoms. The molecule has 162 valence electrons. The lowest BCUT2D eigenvalue weighted by atomic mass is 10.0. The number of ether oxygens (including phenoxy) is 3. The average molecular weight is 420 g/mol. The third-order valence-electron chi connectivity index (χ3n) is 6.38. The number of hydrogen-bond acceptors (Lipinski definition) is 6. The molecule has 0 aromatic carbocycles. The zero-order valence-electron chi connectivity index (χ0n) is 17.0. The molecule has 3 aliphatic rings. The average Bonchev–Trinajstić information content (AvgIpc) is 3.03. The van der Waals surface area contributed by atoms with E-state index in [9.17, 15) is 8.78 Å². The highest BCUT2D eigenvalue weighted by Crippen LogP contribution is 2.64. The molecule has 0 unspecified atom stereocenters. The van der Waals surface area contributed by atoms with Gasteiger partial charge in [0, 0.05) is 29.4 Å². The standard InChI is InChI=1S/C21H26F2N4O3/c1-10(2)27-17(19-14-4-12(5-15(14)19)29-13-8-28-9-13)6-16(26-27)11-3-18(30-21(22)23)20(24)25-7-11/h3,6-7,10,12-15,19,21H,4-5,8-9H2,1-2H3,(H2,24,25)/t12-,14-,15+,19+. The Balaban J connectivity index is 1.35. The molecule has 3 heterocycles. The summed E-state index contributed by atoms with van der Waals surface area (Å²) >= 11 is 0. The maximum absolute atomic E-state index is 12.6. The predicted octanol–water partition coefficient (Wildman–Crippen LogP) is 3.62. The van der Waals surface area contributed by atoms with Gasteiger partial charge >= 0.3 is 6.61 Å². The van der Waals surface area contributed by atoms with Gasteiger partial charge in [-0.15, -0.1) is 0 Å². The molecule has 1 saturated heterocycles. The summed E-state index contributed by atoms with van der Waals surface area (Å²) in [6, 6.07) is 3.72. The molecular weight excluding hydrogens is 394 g/mol. The number of nitrogens with two attached hydrogens (primary N) is 1. The number of pyridine rings is 1. The number of anilines is 1. The van der Waals surface area contributed by atoms with Crippen molar-refractivity contribution in [2.24, 2.45) is 11.8 Å². The van der Waals surface area contributed by atoms with E-state index in [1.54, 1.807) is 6.20 Å². The van der Waals surface area contributed by atoms with Crippen LogP contribution in [0.3, 0.4) is 0 Å². The minimum absolute atomic E-state index is 0.0674. The molecule has 2 saturated carbocycles. The van der Waals surface area contributed by atoms with Gasteiger partial charge in [-0.3, -0.25) is 4.68 Å². The number of aromatic nitrogens is 3. The molecule has 2 aliphatic carbocycles. The first-order chi connectivity index (χ1) is 14.4. The van der Waals surface area contributed by atoms with Crippen LogP contribution in [0.25, 0.3) is 11.3 Å². The molecule has 1 aliphatic heterocycles. The van der Waals surface area contributed by atoms with E-state index in [0.29, 0.717) is 48.3 Å². The van der Waals surface area contributed by atoms with Crippen molar-refractivity contribution >= 4 is 5.82 Å². The van der Waals surface area contributed by atoms with E-state index >= 15 is 0 Å².